The molecule has 0 aliphatic carbocycles. The van der Waals surface area contributed by atoms with Gasteiger partial charge in [0.2, 0.25) is 5.91 Å². The van der Waals surface area contributed by atoms with Crippen LogP contribution in [0.2, 0.25) is 0 Å². The topological polar surface area (TPSA) is 71.0 Å². The molecule has 0 saturated carbocycles. The van der Waals surface area contributed by atoms with Gasteiger partial charge in [-0.3, -0.25) is 9.36 Å². The zero-order chi connectivity index (χ0) is 16.7. The Morgan fingerprint density at radius 2 is 2.04 bits per heavy atom. The van der Waals surface area contributed by atoms with Crippen LogP contribution in [-0.4, -0.2) is 37.9 Å². The van der Waals surface area contributed by atoms with E-state index in [9.17, 15) is 9.59 Å². The summed E-state index contributed by atoms with van der Waals surface area (Å²) in [7, 11) is 0. The molecule has 0 aliphatic rings. The summed E-state index contributed by atoms with van der Waals surface area (Å²) < 4.78 is 1.57. The molecule has 2 aromatic rings. The van der Waals surface area contributed by atoms with Crippen LogP contribution < -0.4 is 5.69 Å². The Balaban J connectivity index is 1.96. The molecule has 2 rings (SSSR count). The number of carbonyl (C=O) groups excluding carboxylic acids is 1. The molecule has 124 valence electrons. The molecular weight excluding hydrogens is 312 g/mol. The lowest BCUT2D eigenvalue weighted by atomic mass is 10.2. The van der Waals surface area contributed by atoms with Crippen LogP contribution in [-0.2, 0) is 17.9 Å². The van der Waals surface area contributed by atoms with Gasteiger partial charge in [0.25, 0.3) is 0 Å². The molecule has 0 unspecified atom stereocenters. The molecule has 1 aromatic heterocycles. The molecule has 6 nitrogen and oxygen atoms in total. The normalized spacial score (nSPS) is 10.7. The van der Waals surface area contributed by atoms with E-state index in [0.29, 0.717) is 24.8 Å². The maximum Gasteiger partial charge on any atom is 0.343 e. The fraction of sp³-hybridized carbons (Fsp3) is 0.438. The van der Waals surface area contributed by atoms with Gasteiger partial charge in [-0.2, -0.15) is 0 Å². The first-order chi connectivity index (χ1) is 11.2. The number of nitrogens with one attached hydrogen (secondary N) is 1. The van der Waals surface area contributed by atoms with Gasteiger partial charge in [0.15, 0.2) is 5.16 Å². The van der Waals surface area contributed by atoms with Crippen LogP contribution in [0.5, 0.6) is 0 Å². The summed E-state index contributed by atoms with van der Waals surface area (Å²) in [5, 5.41) is 7.00. The Morgan fingerprint density at radius 3 is 2.70 bits per heavy atom. The molecule has 7 heteroatoms. The van der Waals surface area contributed by atoms with Crippen molar-refractivity contribution < 1.29 is 4.79 Å². The number of hydrogen-bond donors (Lipinski definition) is 1. The van der Waals surface area contributed by atoms with Crippen LogP contribution in [0.4, 0.5) is 0 Å². The zero-order valence-corrected chi connectivity index (χ0v) is 14.3. The monoisotopic (exact) mass is 334 g/mol. The Hall–Kier alpha value is -2.02. The third-order valence-corrected chi connectivity index (χ3v) is 4.41. The zero-order valence-electron chi connectivity index (χ0n) is 13.5. The van der Waals surface area contributed by atoms with Crippen molar-refractivity contribution in [1.29, 1.82) is 0 Å². The number of aromatic amines is 1. The molecule has 1 heterocycles. The predicted molar refractivity (Wildman–Crippen MR) is 91.4 cm³/mol. The lowest BCUT2D eigenvalue weighted by Gasteiger charge is -2.20. The third kappa shape index (κ3) is 4.72. The quantitative estimate of drug-likeness (QED) is 0.751. The Kier molecular flexibility index (Phi) is 6.46. The fourth-order valence-electron chi connectivity index (χ4n) is 2.23. The first-order valence-corrected chi connectivity index (χ1v) is 8.74. The van der Waals surface area contributed by atoms with Crippen molar-refractivity contribution in [3.8, 4) is 0 Å². The number of aromatic nitrogens is 3. The van der Waals surface area contributed by atoms with Gasteiger partial charge in [-0.1, -0.05) is 49.0 Å². The van der Waals surface area contributed by atoms with E-state index in [0.717, 1.165) is 12.0 Å². The molecule has 0 atom stereocenters. The van der Waals surface area contributed by atoms with Gasteiger partial charge < -0.3 is 4.90 Å². The summed E-state index contributed by atoms with van der Waals surface area (Å²) >= 11 is 1.30. The highest BCUT2D eigenvalue weighted by Gasteiger charge is 2.15. The van der Waals surface area contributed by atoms with E-state index in [1.54, 1.807) is 9.47 Å². The summed E-state index contributed by atoms with van der Waals surface area (Å²) in [4.78, 5) is 25.9. The minimum atomic E-state index is -0.224. The van der Waals surface area contributed by atoms with Gasteiger partial charge in [0, 0.05) is 19.6 Å². The number of nitrogens with zero attached hydrogens (tertiary/aromatic N) is 3. The largest absolute Gasteiger partial charge is 0.343 e. The van der Waals surface area contributed by atoms with Gasteiger partial charge in [0.1, 0.15) is 0 Å². The van der Waals surface area contributed by atoms with Gasteiger partial charge in [-0.25, -0.2) is 9.89 Å². The van der Waals surface area contributed by atoms with Crippen LogP contribution in [0.25, 0.3) is 0 Å². The van der Waals surface area contributed by atoms with Crippen molar-refractivity contribution in [2.24, 2.45) is 0 Å². The lowest BCUT2D eigenvalue weighted by Crippen LogP contribution is -2.31. The number of hydrogen-bond acceptors (Lipinski definition) is 4. The predicted octanol–water partition coefficient (Wildman–Crippen LogP) is 2.12. The SMILES string of the molecule is CCCn1c(SCC(=O)N(CC)Cc2ccccc2)n[nH]c1=O. The van der Waals surface area contributed by atoms with Gasteiger partial charge in [-0.15, -0.1) is 5.10 Å². The molecule has 23 heavy (non-hydrogen) atoms. The smallest absolute Gasteiger partial charge is 0.338 e. The molecule has 0 bridgehead atoms. The standard InChI is InChI=1S/C16H22N4O2S/c1-3-10-20-15(22)17-18-16(20)23-12-14(21)19(4-2)11-13-8-6-5-7-9-13/h5-9H,3-4,10-12H2,1-2H3,(H,17,22). The van der Waals surface area contributed by atoms with E-state index in [1.807, 2.05) is 44.2 Å². The van der Waals surface area contributed by atoms with Crippen LogP contribution in [0.15, 0.2) is 40.3 Å². The average molecular weight is 334 g/mol. The molecule has 1 N–H and O–H groups in total. The second-order valence-corrected chi connectivity index (χ2v) is 6.09. The second kappa shape index (κ2) is 8.57. The van der Waals surface area contributed by atoms with E-state index < -0.39 is 0 Å². The molecule has 0 aliphatic heterocycles. The molecular formula is C16H22N4O2S. The maximum atomic E-state index is 12.4. The highest BCUT2D eigenvalue weighted by Crippen LogP contribution is 2.15. The average Bonchev–Trinajstić information content (AvgIpc) is 2.92. The summed E-state index contributed by atoms with van der Waals surface area (Å²) in [6, 6.07) is 9.92. The van der Waals surface area contributed by atoms with E-state index >= 15 is 0 Å². The number of carbonyl (C=O) groups is 1. The van der Waals surface area contributed by atoms with E-state index in [1.165, 1.54) is 11.8 Å². The van der Waals surface area contributed by atoms with E-state index in [-0.39, 0.29) is 17.3 Å². The molecule has 0 saturated heterocycles. The van der Waals surface area contributed by atoms with Crippen LogP contribution in [0.1, 0.15) is 25.8 Å². The van der Waals surface area contributed by atoms with Gasteiger partial charge >= 0.3 is 5.69 Å². The molecule has 0 fully saturated rings. The summed E-state index contributed by atoms with van der Waals surface area (Å²) in [6.07, 6.45) is 0.843. The maximum absolute atomic E-state index is 12.4. The Bertz CT molecular complexity index is 681. The van der Waals surface area contributed by atoms with Crippen molar-refractivity contribution in [1.82, 2.24) is 19.7 Å². The van der Waals surface area contributed by atoms with E-state index in [2.05, 4.69) is 10.2 Å². The highest BCUT2D eigenvalue weighted by molar-refractivity contribution is 7.99. The summed E-state index contributed by atoms with van der Waals surface area (Å²) in [5.74, 6) is 0.314. The Morgan fingerprint density at radius 1 is 1.30 bits per heavy atom. The molecule has 1 amide bonds. The van der Waals surface area contributed by atoms with Crippen molar-refractivity contribution in [3.05, 3.63) is 46.4 Å². The second-order valence-electron chi connectivity index (χ2n) is 5.15. The first-order valence-electron chi connectivity index (χ1n) is 7.75. The van der Waals surface area contributed by atoms with E-state index in [4.69, 9.17) is 0 Å². The summed E-state index contributed by atoms with van der Waals surface area (Å²) in [6.45, 7) is 5.81. The Labute approximate surface area is 139 Å². The molecule has 1 aromatic carbocycles. The minimum Gasteiger partial charge on any atom is -0.338 e. The number of thioether (sulfide) groups is 1. The number of H-pyrrole nitrogens is 1. The summed E-state index contributed by atoms with van der Waals surface area (Å²) in [5.41, 5.74) is 0.883. The van der Waals surface area contributed by atoms with Crippen molar-refractivity contribution in [3.63, 3.8) is 0 Å². The lowest BCUT2D eigenvalue weighted by molar-refractivity contribution is -0.128. The highest BCUT2D eigenvalue weighted by atomic mass is 32.2. The number of amides is 1. The van der Waals surface area contributed by atoms with Gasteiger partial charge in [-0.05, 0) is 18.9 Å². The molecule has 0 spiro atoms. The molecule has 0 radical (unpaired) electrons. The first kappa shape index (κ1) is 17.3. The van der Waals surface area contributed by atoms with Crippen molar-refractivity contribution in [2.75, 3.05) is 12.3 Å². The van der Waals surface area contributed by atoms with Crippen LogP contribution in [0, 0.1) is 0 Å². The van der Waals surface area contributed by atoms with Crippen molar-refractivity contribution >= 4 is 17.7 Å². The number of rotatable bonds is 8. The minimum absolute atomic E-state index is 0.0415. The van der Waals surface area contributed by atoms with Crippen LogP contribution >= 0.6 is 11.8 Å². The fourth-order valence-corrected chi connectivity index (χ4v) is 3.11. The number of benzene rings is 1. The van der Waals surface area contributed by atoms with Crippen LogP contribution in [0.3, 0.4) is 0 Å². The third-order valence-electron chi connectivity index (χ3n) is 3.45. The van der Waals surface area contributed by atoms with Crippen molar-refractivity contribution in [2.45, 2.75) is 38.5 Å². The van der Waals surface area contributed by atoms with Gasteiger partial charge in [0.05, 0.1) is 5.75 Å².